The van der Waals surface area contributed by atoms with Gasteiger partial charge in [-0.1, -0.05) is 12.2 Å². The molecular formula is C23H27N3O2. The van der Waals surface area contributed by atoms with Crippen molar-refractivity contribution >= 4 is 11.6 Å². The zero-order chi connectivity index (χ0) is 19.1. The Morgan fingerprint density at radius 1 is 1.21 bits per heavy atom. The lowest BCUT2D eigenvalue weighted by Crippen LogP contribution is -2.52. The number of methoxy groups -OCH3 is 1. The summed E-state index contributed by atoms with van der Waals surface area (Å²) in [7, 11) is 1.70. The predicted molar refractivity (Wildman–Crippen MR) is 110 cm³/mol. The van der Waals surface area contributed by atoms with E-state index < -0.39 is 0 Å². The molecule has 0 bridgehead atoms. The van der Waals surface area contributed by atoms with Crippen LogP contribution < -0.4 is 10.1 Å². The first kappa shape index (κ1) is 17.4. The predicted octanol–water partition coefficient (Wildman–Crippen LogP) is 4.09. The number of benzene rings is 1. The van der Waals surface area contributed by atoms with Crippen LogP contribution in [-0.4, -0.2) is 35.6 Å². The number of nitrogens with zero attached hydrogens (tertiary/aromatic N) is 2. The van der Waals surface area contributed by atoms with Crippen LogP contribution in [-0.2, 0) is 10.3 Å². The van der Waals surface area contributed by atoms with Gasteiger partial charge in [0.2, 0.25) is 5.91 Å². The summed E-state index contributed by atoms with van der Waals surface area (Å²) in [5.74, 6) is 1.37. The molecule has 5 nitrogen and oxygen atoms in total. The van der Waals surface area contributed by atoms with Crippen molar-refractivity contribution in [1.29, 1.82) is 0 Å². The van der Waals surface area contributed by atoms with Crippen LogP contribution in [0.2, 0.25) is 0 Å². The van der Waals surface area contributed by atoms with Gasteiger partial charge in [0.15, 0.2) is 0 Å². The summed E-state index contributed by atoms with van der Waals surface area (Å²) in [6.07, 6.45) is 11.2. The number of rotatable bonds is 2. The van der Waals surface area contributed by atoms with Gasteiger partial charge < -0.3 is 19.5 Å². The SMILES string of the molecule is COc1ccc2c(c1)NC1(CCN(C(=O)[C@H]3CC=CCC3)CC1)c1cccn1-2. The lowest BCUT2D eigenvalue weighted by atomic mass is 9.81. The van der Waals surface area contributed by atoms with Gasteiger partial charge in [-0.05, 0) is 56.4 Å². The van der Waals surface area contributed by atoms with Crippen LogP contribution in [0.15, 0.2) is 48.7 Å². The highest BCUT2D eigenvalue weighted by atomic mass is 16.5. The van der Waals surface area contributed by atoms with Crippen LogP contribution in [0.3, 0.4) is 0 Å². The van der Waals surface area contributed by atoms with E-state index in [9.17, 15) is 4.79 Å². The van der Waals surface area contributed by atoms with Crippen LogP contribution >= 0.6 is 0 Å². The molecule has 1 atom stereocenters. The van der Waals surface area contributed by atoms with Crippen LogP contribution in [0.4, 0.5) is 5.69 Å². The molecule has 1 spiro atoms. The molecule has 0 saturated carbocycles. The molecule has 2 aliphatic heterocycles. The number of allylic oxidation sites excluding steroid dienone is 2. The highest BCUT2D eigenvalue weighted by Gasteiger charge is 2.43. The lowest BCUT2D eigenvalue weighted by molar-refractivity contribution is -0.137. The molecule has 3 aliphatic rings. The molecule has 1 saturated heterocycles. The van der Waals surface area contributed by atoms with Crippen LogP contribution in [0, 0.1) is 5.92 Å². The van der Waals surface area contributed by atoms with Crippen molar-refractivity contribution in [2.45, 2.75) is 37.6 Å². The zero-order valence-electron chi connectivity index (χ0n) is 16.4. The molecule has 1 aromatic heterocycles. The second-order valence-corrected chi connectivity index (χ2v) is 8.16. The van der Waals surface area contributed by atoms with E-state index in [2.05, 4.69) is 57.4 Å². The monoisotopic (exact) mass is 377 g/mol. The third-order valence-electron chi connectivity index (χ3n) is 6.62. The first-order chi connectivity index (χ1) is 13.7. The molecule has 0 unspecified atom stereocenters. The molecule has 3 heterocycles. The molecule has 28 heavy (non-hydrogen) atoms. The minimum Gasteiger partial charge on any atom is -0.497 e. The van der Waals surface area contributed by atoms with E-state index in [0.717, 1.165) is 62.3 Å². The summed E-state index contributed by atoms with van der Waals surface area (Å²) in [4.78, 5) is 15.0. The number of fused-ring (bicyclic) bond motifs is 4. The number of amides is 1. The van der Waals surface area contributed by atoms with E-state index in [4.69, 9.17) is 4.74 Å². The minimum atomic E-state index is -0.133. The minimum absolute atomic E-state index is 0.133. The summed E-state index contributed by atoms with van der Waals surface area (Å²) in [6, 6.07) is 10.5. The number of likely N-dealkylation sites (tertiary alicyclic amines) is 1. The number of anilines is 1. The van der Waals surface area contributed by atoms with Crippen molar-refractivity contribution in [3.8, 4) is 11.4 Å². The molecule has 1 aromatic carbocycles. The molecule has 2 aromatic rings. The Morgan fingerprint density at radius 2 is 2.07 bits per heavy atom. The Hall–Kier alpha value is -2.69. The maximum atomic E-state index is 13.0. The van der Waals surface area contributed by atoms with Gasteiger partial charge in [-0.15, -0.1) is 0 Å². The van der Waals surface area contributed by atoms with Crippen LogP contribution in [0.1, 0.15) is 37.8 Å². The first-order valence-electron chi connectivity index (χ1n) is 10.3. The molecule has 0 radical (unpaired) electrons. The van der Waals surface area contributed by atoms with Crippen molar-refractivity contribution < 1.29 is 9.53 Å². The second-order valence-electron chi connectivity index (χ2n) is 8.16. The lowest BCUT2D eigenvalue weighted by Gasteiger charge is -2.46. The van der Waals surface area contributed by atoms with Gasteiger partial charge in [0.1, 0.15) is 5.75 Å². The molecule has 5 heteroatoms. The molecule has 1 aliphatic carbocycles. The average molecular weight is 377 g/mol. The number of carbonyl (C=O) groups excluding carboxylic acids is 1. The Labute approximate surface area is 166 Å². The summed E-state index contributed by atoms with van der Waals surface area (Å²) in [5, 5.41) is 3.82. The van der Waals surface area contributed by atoms with Gasteiger partial charge in [0.05, 0.1) is 24.0 Å². The maximum Gasteiger partial charge on any atom is 0.226 e. The van der Waals surface area contributed by atoms with E-state index >= 15 is 0 Å². The fourth-order valence-corrected chi connectivity index (χ4v) is 5.02. The van der Waals surface area contributed by atoms with E-state index in [1.807, 2.05) is 6.07 Å². The summed E-state index contributed by atoms with van der Waals surface area (Å²) < 4.78 is 7.72. The molecular weight excluding hydrogens is 350 g/mol. The topological polar surface area (TPSA) is 46.5 Å². The fraction of sp³-hybridized carbons (Fsp3) is 0.435. The zero-order valence-corrected chi connectivity index (χ0v) is 16.4. The maximum absolute atomic E-state index is 13.0. The second kappa shape index (κ2) is 6.73. The van der Waals surface area contributed by atoms with E-state index in [1.54, 1.807) is 7.11 Å². The first-order valence-corrected chi connectivity index (χ1v) is 10.3. The van der Waals surface area contributed by atoms with Crippen LogP contribution in [0.5, 0.6) is 5.75 Å². The van der Waals surface area contributed by atoms with Crippen molar-refractivity contribution in [2.75, 3.05) is 25.5 Å². The van der Waals surface area contributed by atoms with E-state index in [1.165, 1.54) is 5.69 Å². The van der Waals surface area contributed by atoms with Gasteiger partial charge in [-0.25, -0.2) is 0 Å². The van der Waals surface area contributed by atoms with Crippen LogP contribution in [0.25, 0.3) is 5.69 Å². The third-order valence-corrected chi connectivity index (χ3v) is 6.62. The third kappa shape index (κ3) is 2.72. The van der Waals surface area contributed by atoms with Crippen molar-refractivity contribution in [1.82, 2.24) is 9.47 Å². The Kier molecular flexibility index (Phi) is 4.18. The summed E-state index contributed by atoms with van der Waals surface area (Å²) >= 11 is 0. The molecule has 146 valence electrons. The Balaban J connectivity index is 1.39. The van der Waals surface area contributed by atoms with Gasteiger partial charge >= 0.3 is 0 Å². The Bertz CT molecular complexity index is 922. The average Bonchev–Trinajstić information content (AvgIpc) is 3.25. The number of hydrogen-bond donors (Lipinski definition) is 1. The number of piperidine rings is 1. The van der Waals surface area contributed by atoms with Crippen molar-refractivity contribution in [3.63, 3.8) is 0 Å². The quantitative estimate of drug-likeness (QED) is 0.802. The molecule has 1 fully saturated rings. The number of carbonyl (C=O) groups is 1. The molecule has 1 amide bonds. The number of hydrogen-bond acceptors (Lipinski definition) is 3. The van der Waals surface area contributed by atoms with Gasteiger partial charge in [0.25, 0.3) is 0 Å². The number of ether oxygens (including phenoxy) is 1. The summed E-state index contributed by atoms with van der Waals surface area (Å²) in [6.45, 7) is 1.60. The number of aromatic nitrogens is 1. The standard InChI is InChI=1S/C23H27N3O2/c1-28-18-9-10-20-19(16-18)24-23(21-8-5-13-26(20)21)11-14-25(15-12-23)22(27)17-6-3-2-4-7-17/h2-3,5,8-10,13,16-17,24H,4,6-7,11-12,14-15H2,1H3/t17-/m0/s1. The van der Waals surface area contributed by atoms with Gasteiger partial charge in [-0.2, -0.15) is 0 Å². The molecule has 5 rings (SSSR count). The van der Waals surface area contributed by atoms with E-state index in [-0.39, 0.29) is 11.5 Å². The highest BCUT2D eigenvalue weighted by molar-refractivity contribution is 5.79. The largest absolute Gasteiger partial charge is 0.497 e. The smallest absolute Gasteiger partial charge is 0.226 e. The van der Waals surface area contributed by atoms with Crippen molar-refractivity contribution in [3.05, 3.63) is 54.4 Å². The normalized spacial score (nSPS) is 22.3. The number of nitrogens with one attached hydrogen (secondary N) is 1. The van der Waals surface area contributed by atoms with E-state index in [0.29, 0.717) is 5.91 Å². The fourth-order valence-electron chi connectivity index (χ4n) is 5.02. The highest BCUT2D eigenvalue weighted by Crippen LogP contribution is 2.44. The summed E-state index contributed by atoms with van der Waals surface area (Å²) in [5.41, 5.74) is 3.41. The van der Waals surface area contributed by atoms with Gasteiger partial charge in [-0.3, -0.25) is 4.79 Å². The van der Waals surface area contributed by atoms with Gasteiger partial charge in [0, 0.05) is 37.0 Å². The van der Waals surface area contributed by atoms with Crippen molar-refractivity contribution in [2.24, 2.45) is 5.92 Å². The molecule has 1 N–H and O–H groups in total. The Morgan fingerprint density at radius 3 is 2.82 bits per heavy atom.